The lowest BCUT2D eigenvalue weighted by atomic mass is 9.83. The molecule has 0 amide bonds. The van der Waals surface area contributed by atoms with Crippen LogP contribution in [0.25, 0.3) is 0 Å². The van der Waals surface area contributed by atoms with Crippen LogP contribution in [0.3, 0.4) is 0 Å². The van der Waals surface area contributed by atoms with E-state index in [2.05, 4.69) is 6.08 Å². The van der Waals surface area contributed by atoms with Crippen LogP contribution in [0.15, 0.2) is 52.0 Å². The van der Waals surface area contributed by atoms with E-state index in [1.165, 1.54) is 7.11 Å². The first-order valence-corrected chi connectivity index (χ1v) is 10.4. The fourth-order valence-corrected chi connectivity index (χ4v) is 5.37. The van der Waals surface area contributed by atoms with Crippen molar-refractivity contribution >= 4 is 16.0 Å². The van der Waals surface area contributed by atoms with Crippen molar-refractivity contribution in [3.8, 4) is 0 Å². The minimum atomic E-state index is -3.52. The van der Waals surface area contributed by atoms with Crippen LogP contribution in [0, 0.1) is 18.8 Å². The Morgan fingerprint density at radius 3 is 2.46 bits per heavy atom. The number of rotatable bonds is 4. The van der Waals surface area contributed by atoms with Gasteiger partial charge in [-0.2, -0.15) is 4.31 Å². The largest absolute Gasteiger partial charge is 0.466 e. The van der Waals surface area contributed by atoms with E-state index in [0.29, 0.717) is 30.3 Å². The second-order valence-corrected chi connectivity index (χ2v) is 9.37. The molecule has 4 rings (SSSR count). The second-order valence-electron chi connectivity index (χ2n) is 7.43. The highest BCUT2D eigenvalue weighted by atomic mass is 32.2. The lowest BCUT2D eigenvalue weighted by Crippen LogP contribution is -2.29. The van der Waals surface area contributed by atoms with Crippen molar-refractivity contribution in [1.82, 2.24) is 4.31 Å². The standard InChI is InChI=1S/C20H23NO4S/c1-13-3-7-17(8-4-13)26(23,24)21-11-15-9-18(14-5-6-14)19(20(22)25-2)10-16(15)12-21/h3-4,7-9,14,16H,5-6,10-12H2,1-2H3. The summed E-state index contributed by atoms with van der Waals surface area (Å²) in [6.45, 7) is 2.76. The molecule has 0 N–H and O–H groups in total. The van der Waals surface area contributed by atoms with E-state index < -0.39 is 10.0 Å². The maximum absolute atomic E-state index is 13.0. The number of fused-ring (bicyclic) bond motifs is 1. The van der Waals surface area contributed by atoms with Crippen LogP contribution >= 0.6 is 0 Å². The Bertz CT molecular complexity index is 908. The fraction of sp³-hybridized carbons (Fsp3) is 0.450. The number of benzene rings is 1. The Balaban J connectivity index is 1.61. The van der Waals surface area contributed by atoms with Crippen LogP contribution in [0.1, 0.15) is 24.8 Å². The smallest absolute Gasteiger partial charge is 0.334 e. The van der Waals surface area contributed by atoms with Crippen molar-refractivity contribution in [1.29, 1.82) is 0 Å². The molecule has 1 heterocycles. The molecule has 1 atom stereocenters. The first-order chi connectivity index (χ1) is 12.4. The first-order valence-electron chi connectivity index (χ1n) is 8.99. The molecule has 6 heteroatoms. The zero-order valence-corrected chi connectivity index (χ0v) is 15.9. The molecule has 1 saturated carbocycles. The molecule has 1 saturated heterocycles. The van der Waals surface area contributed by atoms with Crippen LogP contribution in [0.4, 0.5) is 0 Å². The van der Waals surface area contributed by atoms with Crippen molar-refractivity contribution in [3.63, 3.8) is 0 Å². The molecule has 2 aliphatic carbocycles. The SMILES string of the molecule is COC(=O)C1=C(C2CC2)C=C2CN(S(=O)(=O)c3ccc(C)cc3)CC2C1. The van der Waals surface area contributed by atoms with Gasteiger partial charge in [-0.05, 0) is 61.3 Å². The summed E-state index contributed by atoms with van der Waals surface area (Å²) in [6, 6.07) is 6.96. The predicted octanol–water partition coefficient (Wildman–Crippen LogP) is 2.83. The monoisotopic (exact) mass is 373 g/mol. The Kier molecular flexibility index (Phi) is 4.28. The number of allylic oxidation sites excluding steroid dienone is 2. The zero-order valence-electron chi connectivity index (χ0n) is 15.1. The summed E-state index contributed by atoms with van der Waals surface area (Å²) in [5, 5.41) is 0. The molecule has 0 bridgehead atoms. The number of aryl methyl sites for hydroxylation is 1. The van der Waals surface area contributed by atoms with Gasteiger partial charge in [-0.25, -0.2) is 13.2 Å². The minimum Gasteiger partial charge on any atom is -0.466 e. The quantitative estimate of drug-likeness (QED) is 0.762. The molecule has 0 radical (unpaired) electrons. The van der Waals surface area contributed by atoms with E-state index in [-0.39, 0.29) is 11.9 Å². The highest BCUT2D eigenvalue weighted by molar-refractivity contribution is 7.89. The summed E-state index contributed by atoms with van der Waals surface area (Å²) in [7, 11) is -2.12. The van der Waals surface area contributed by atoms with Crippen molar-refractivity contribution in [2.45, 2.75) is 31.1 Å². The Labute approximate surface area is 154 Å². The molecule has 0 spiro atoms. The normalized spacial score (nSPS) is 23.6. The number of hydrogen-bond donors (Lipinski definition) is 0. The van der Waals surface area contributed by atoms with Gasteiger partial charge in [0.2, 0.25) is 10.0 Å². The van der Waals surface area contributed by atoms with Crippen molar-refractivity contribution in [2.24, 2.45) is 11.8 Å². The van der Waals surface area contributed by atoms with Crippen molar-refractivity contribution in [3.05, 3.63) is 52.6 Å². The third kappa shape index (κ3) is 3.01. The third-order valence-corrected chi connectivity index (χ3v) is 7.38. The Morgan fingerprint density at radius 2 is 1.85 bits per heavy atom. The molecule has 1 aromatic carbocycles. The first kappa shape index (κ1) is 17.5. The molecule has 5 nitrogen and oxygen atoms in total. The average Bonchev–Trinajstić information content (AvgIpc) is 3.39. The van der Waals surface area contributed by atoms with Gasteiger partial charge in [0.1, 0.15) is 0 Å². The second kappa shape index (κ2) is 6.35. The van der Waals surface area contributed by atoms with Crippen LogP contribution in [0.2, 0.25) is 0 Å². The van der Waals surface area contributed by atoms with Gasteiger partial charge in [0.25, 0.3) is 0 Å². The van der Waals surface area contributed by atoms with Gasteiger partial charge >= 0.3 is 5.97 Å². The summed E-state index contributed by atoms with van der Waals surface area (Å²) in [6.07, 6.45) is 4.83. The predicted molar refractivity (Wildman–Crippen MR) is 97.9 cm³/mol. The topological polar surface area (TPSA) is 63.7 Å². The number of sulfonamides is 1. The number of methoxy groups -OCH3 is 1. The van der Waals surface area contributed by atoms with Crippen LogP contribution in [0.5, 0.6) is 0 Å². The fourth-order valence-electron chi connectivity index (χ4n) is 3.90. The van der Waals surface area contributed by atoms with E-state index >= 15 is 0 Å². The number of carbonyl (C=O) groups excluding carboxylic acids is 1. The lowest BCUT2D eigenvalue weighted by molar-refractivity contribution is -0.136. The van der Waals surface area contributed by atoms with Crippen LogP contribution < -0.4 is 0 Å². The molecular formula is C20H23NO4S. The number of hydrogen-bond acceptors (Lipinski definition) is 4. The maximum atomic E-state index is 13.0. The van der Waals surface area contributed by atoms with Crippen molar-refractivity contribution < 1.29 is 17.9 Å². The van der Waals surface area contributed by atoms with Crippen LogP contribution in [-0.4, -0.2) is 38.9 Å². The highest BCUT2D eigenvalue weighted by Gasteiger charge is 2.41. The summed E-state index contributed by atoms with van der Waals surface area (Å²) < 4.78 is 32.5. The maximum Gasteiger partial charge on any atom is 0.334 e. The summed E-state index contributed by atoms with van der Waals surface area (Å²) in [5.74, 6) is 0.217. The van der Waals surface area contributed by atoms with Gasteiger partial charge in [0.05, 0.1) is 12.0 Å². The molecular weight excluding hydrogens is 350 g/mol. The van der Waals surface area contributed by atoms with Gasteiger partial charge in [-0.1, -0.05) is 23.8 Å². The molecule has 1 unspecified atom stereocenters. The Hall–Kier alpha value is -1.92. The number of nitrogens with zero attached hydrogens (tertiary/aromatic N) is 1. The number of esters is 1. The van der Waals surface area contributed by atoms with E-state index in [4.69, 9.17) is 4.74 Å². The summed E-state index contributed by atoms with van der Waals surface area (Å²) in [4.78, 5) is 12.5. The van der Waals surface area contributed by atoms with E-state index in [1.807, 2.05) is 19.1 Å². The molecule has 26 heavy (non-hydrogen) atoms. The molecule has 138 valence electrons. The van der Waals surface area contributed by atoms with Gasteiger partial charge in [0, 0.05) is 18.7 Å². The minimum absolute atomic E-state index is 0.0619. The van der Waals surface area contributed by atoms with E-state index in [1.54, 1.807) is 16.4 Å². The van der Waals surface area contributed by atoms with Crippen molar-refractivity contribution in [2.75, 3.05) is 20.2 Å². The van der Waals surface area contributed by atoms with E-state index in [0.717, 1.165) is 35.1 Å². The average molecular weight is 373 g/mol. The van der Waals surface area contributed by atoms with Crippen LogP contribution in [-0.2, 0) is 19.6 Å². The number of carbonyl (C=O) groups is 1. The van der Waals surface area contributed by atoms with Gasteiger partial charge < -0.3 is 4.74 Å². The molecule has 1 aromatic rings. The third-order valence-electron chi connectivity index (χ3n) is 5.55. The highest BCUT2D eigenvalue weighted by Crippen LogP contribution is 2.46. The lowest BCUT2D eigenvalue weighted by Gasteiger charge is -2.21. The Morgan fingerprint density at radius 1 is 1.15 bits per heavy atom. The summed E-state index contributed by atoms with van der Waals surface area (Å²) in [5.41, 5.74) is 3.95. The van der Waals surface area contributed by atoms with Gasteiger partial charge in [-0.15, -0.1) is 0 Å². The molecule has 2 fully saturated rings. The molecule has 3 aliphatic rings. The van der Waals surface area contributed by atoms with E-state index in [9.17, 15) is 13.2 Å². The molecule has 1 aliphatic heterocycles. The van der Waals surface area contributed by atoms with Gasteiger partial charge in [-0.3, -0.25) is 0 Å². The number of ether oxygens (including phenoxy) is 1. The zero-order chi connectivity index (χ0) is 18.5. The molecule has 0 aromatic heterocycles. The summed E-state index contributed by atoms with van der Waals surface area (Å²) >= 11 is 0. The van der Waals surface area contributed by atoms with Gasteiger partial charge in [0.15, 0.2) is 0 Å².